The number of aromatic nitrogens is 2. The second-order valence-electron chi connectivity index (χ2n) is 4.34. The molecule has 0 spiro atoms. The van der Waals surface area contributed by atoms with Gasteiger partial charge in [-0.3, -0.25) is 0 Å². The Balaban J connectivity index is 2.65. The molecule has 0 aromatic carbocycles. The summed E-state index contributed by atoms with van der Waals surface area (Å²) in [7, 11) is 0. The molecule has 0 unspecified atom stereocenters. The van der Waals surface area contributed by atoms with Crippen LogP contribution in [0.25, 0.3) is 0 Å². The Labute approximate surface area is 94.7 Å². The molecule has 0 aliphatic carbocycles. The number of hydrogen-bond donors (Lipinski definition) is 2. The predicted octanol–water partition coefficient (Wildman–Crippen LogP) is 1.87. The maximum Gasteiger partial charge on any atom is 0.224 e. The SMILES string of the molecule is Cc1cc(NCC(C)(C)CO)nc(Cl)n1. The lowest BCUT2D eigenvalue weighted by Gasteiger charge is -2.22. The van der Waals surface area contributed by atoms with Crippen LogP contribution in [0.3, 0.4) is 0 Å². The Morgan fingerprint density at radius 1 is 1.47 bits per heavy atom. The van der Waals surface area contributed by atoms with Gasteiger partial charge < -0.3 is 10.4 Å². The third-order valence-corrected chi connectivity index (χ3v) is 2.17. The van der Waals surface area contributed by atoms with E-state index < -0.39 is 0 Å². The third-order valence-electron chi connectivity index (χ3n) is 2.00. The van der Waals surface area contributed by atoms with Crippen molar-refractivity contribution >= 4 is 17.4 Å². The van der Waals surface area contributed by atoms with Gasteiger partial charge in [-0.15, -0.1) is 0 Å². The Morgan fingerprint density at radius 3 is 2.67 bits per heavy atom. The summed E-state index contributed by atoms with van der Waals surface area (Å²) >= 11 is 5.72. The molecular weight excluding hydrogens is 214 g/mol. The second-order valence-corrected chi connectivity index (χ2v) is 4.68. The largest absolute Gasteiger partial charge is 0.396 e. The van der Waals surface area contributed by atoms with Crippen molar-refractivity contribution in [3.63, 3.8) is 0 Å². The highest BCUT2D eigenvalue weighted by Crippen LogP contribution is 2.16. The summed E-state index contributed by atoms with van der Waals surface area (Å²) in [6.07, 6.45) is 0. The zero-order valence-electron chi connectivity index (χ0n) is 9.21. The lowest BCUT2D eigenvalue weighted by atomic mass is 9.95. The molecule has 0 atom stereocenters. The highest BCUT2D eigenvalue weighted by atomic mass is 35.5. The van der Waals surface area contributed by atoms with E-state index in [0.717, 1.165) is 5.69 Å². The molecule has 0 aliphatic rings. The van der Waals surface area contributed by atoms with Gasteiger partial charge >= 0.3 is 0 Å². The van der Waals surface area contributed by atoms with E-state index in [-0.39, 0.29) is 17.3 Å². The highest BCUT2D eigenvalue weighted by molar-refractivity contribution is 6.28. The number of aryl methyl sites for hydroxylation is 1. The van der Waals surface area contributed by atoms with E-state index in [4.69, 9.17) is 16.7 Å². The van der Waals surface area contributed by atoms with Crippen molar-refractivity contribution in [1.29, 1.82) is 0 Å². The molecule has 2 N–H and O–H groups in total. The molecular formula is C10H16ClN3O. The van der Waals surface area contributed by atoms with Gasteiger partial charge in [-0.05, 0) is 18.5 Å². The fourth-order valence-corrected chi connectivity index (χ4v) is 1.23. The Hall–Kier alpha value is -0.870. The quantitative estimate of drug-likeness (QED) is 0.774. The normalized spacial score (nSPS) is 11.5. The van der Waals surface area contributed by atoms with Crippen molar-refractivity contribution in [2.75, 3.05) is 18.5 Å². The molecule has 0 saturated heterocycles. The molecule has 1 rings (SSSR count). The van der Waals surface area contributed by atoms with E-state index in [2.05, 4.69) is 15.3 Å². The van der Waals surface area contributed by atoms with E-state index in [9.17, 15) is 0 Å². The van der Waals surface area contributed by atoms with Crippen LogP contribution in [-0.2, 0) is 0 Å². The van der Waals surface area contributed by atoms with Crippen LogP contribution in [0, 0.1) is 12.3 Å². The molecule has 0 aliphatic heterocycles. The molecule has 0 amide bonds. The fraction of sp³-hybridized carbons (Fsp3) is 0.600. The molecule has 84 valence electrons. The van der Waals surface area contributed by atoms with Crippen LogP contribution in [0.4, 0.5) is 5.82 Å². The predicted molar refractivity (Wildman–Crippen MR) is 61.1 cm³/mol. The summed E-state index contributed by atoms with van der Waals surface area (Å²) < 4.78 is 0. The fourth-order valence-electron chi connectivity index (χ4n) is 1.01. The number of nitrogens with one attached hydrogen (secondary N) is 1. The minimum absolute atomic E-state index is 0.123. The first-order valence-corrected chi connectivity index (χ1v) is 5.17. The van der Waals surface area contributed by atoms with Crippen LogP contribution in [0.1, 0.15) is 19.5 Å². The van der Waals surface area contributed by atoms with Crippen LogP contribution < -0.4 is 5.32 Å². The summed E-state index contributed by atoms with van der Waals surface area (Å²) in [5, 5.41) is 12.4. The first-order chi connectivity index (χ1) is 6.93. The van der Waals surface area contributed by atoms with Crippen LogP contribution in [0.2, 0.25) is 5.28 Å². The van der Waals surface area contributed by atoms with Gasteiger partial charge in [0.25, 0.3) is 0 Å². The van der Waals surface area contributed by atoms with Crippen molar-refractivity contribution in [3.8, 4) is 0 Å². The Morgan fingerprint density at radius 2 is 2.13 bits per heavy atom. The topological polar surface area (TPSA) is 58.0 Å². The summed E-state index contributed by atoms with van der Waals surface area (Å²) in [4.78, 5) is 8.00. The number of aliphatic hydroxyl groups is 1. The first kappa shape index (κ1) is 12.2. The van der Waals surface area contributed by atoms with E-state index in [1.165, 1.54) is 0 Å². The lowest BCUT2D eigenvalue weighted by Crippen LogP contribution is -2.27. The summed E-state index contributed by atoms with van der Waals surface area (Å²) in [5.74, 6) is 0.689. The standard InChI is InChI=1S/C10H16ClN3O/c1-7-4-8(14-9(11)13-7)12-5-10(2,3)6-15/h4,15H,5-6H2,1-3H3,(H,12,13,14). The number of hydrogen-bond acceptors (Lipinski definition) is 4. The average Bonchev–Trinajstić information content (AvgIpc) is 2.14. The van der Waals surface area contributed by atoms with Gasteiger partial charge in [-0.1, -0.05) is 13.8 Å². The van der Waals surface area contributed by atoms with E-state index in [1.54, 1.807) is 0 Å². The monoisotopic (exact) mass is 229 g/mol. The van der Waals surface area contributed by atoms with Crippen LogP contribution >= 0.6 is 11.6 Å². The maximum atomic E-state index is 9.08. The minimum Gasteiger partial charge on any atom is -0.396 e. The van der Waals surface area contributed by atoms with Crippen molar-refractivity contribution in [3.05, 3.63) is 17.0 Å². The van der Waals surface area contributed by atoms with Gasteiger partial charge in [0.1, 0.15) is 5.82 Å². The molecule has 0 fully saturated rings. The molecule has 1 aromatic rings. The minimum atomic E-state index is -0.175. The average molecular weight is 230 g/mol. The smallest absolute Gasteiger partial charge is 0.224 e. The summed E-state index contributed by atoms with van der Waals surface area (Å²) in [5.41, 5.74) is 0.644. The maximum absolute atomic E-state index is 9.08. The number of halogens is 1. The summed E-state index contributed by atoms with van der Waals surface area (Å²) in [6, 6.07) is 1.82. The summed E-state index contributed by atoms with van der Waals surface area (Å²) in [6.45, 7) is 6.55. The second kappa shape index (κ2) is 4.77. The molecule has 0 bridgehead atoms. The van der Waals surface area contributed by atoms with Crippen LogP contribution in [0.15, 0.2) is 6.07 Å². The van der Waals surface area contributed by atoms with Gasteiger partial charge in [0, 0.05) is 30.3 Å². The first-order valence-electron chi connectivity index (χ1n) is 4.79. The van der Waals surface area contributed by atoms with Crippen molar-refractivity contribution in [2.24, 2.45) is 5.41 Å². The number of rotatable bonds is 4. The van der Waals surface area contributed by atoms with Crippen molar-refractivity contribution in [2.45, 2.75) is 20.8 Å². The van der Waals surface area contributed by atoms with Gasteiger partial charge in [0.05, 0.1) is 0 Å². The Kier molecular flexibility index (Phi) is 3.88. The molecule has 5 heteroatoms. The van der Waals surface area contributed by atoms with E-state index in [1.807, 2.05) is 26.8 Å². The third kappa shape index (κ3) is 4.01. The Bertz CT molecular complexity index is 321. The number of nitrogens with zero attached hydrogens (tertiary/aromatic N) is 2. The zero-order valence-corrected chi connectivity index (χ0v) is 9.97. The molecule has 0 radical (unpaired) electrons. The highest BCUT2D eigenvalue weighted by Gasteiger charge is 2.16. The molecule has 4 nitrogen and oxygen atoms in total. The lowest BCUT2D eigenvalue weighted by molar-refractivity contribution is 0.170. The van der Waals surface area contributed by atoms with Crippen molar-refractivity contribution < 1.29 is 5.11 Å². The molecule has 1 aromatic heterocycles. The van der Waals surface area contributed by atoms with Crippen LogP contribution in [-0.4, -0.2) is 28.2 Å². The zero-order chi connectivity index (χ0) is 11.5. The molecule has 15 heavy (non-hydrogen) atoms. The van der Waals surface area contributed by atoms with Crippen molar-refractivity contribution in [1.82, 2.24) is 9.97 Å². The molecule has 0 saturated carbocycles. The number of anilines is 1. The molecule has 1 heterocycles. The van der Waals surface area contributed by atoms with Gasteiger partial charge in [-0.25, -0.2) is 9.97 Å². The van der Waals surface area contributed by atoms with Crippen LogP contribution in [0.5, 0.6) is 0 Å². The number of aliphatic hydroxyl groups excluding tert-OH is 1. The van der Waals surface area contributed by atoms with E-state index in [0.29, 0.717) is 12.4 Å². The van der Waals surface area contributed by atoms with Gasteiger partial charge in [0.2, 0.25) is 5.28 Å². The van der Waals surface area contributed by atoms with Gasteiger partial charge in [-0.2, -0.15) is 0 Å². The van der Waals surface area contributed by atoms with E-state index >= 15 is 0 Å². The van der Waals surface area contributed by atoms with Gasteiger partial charge in [0.15, 0.2) is 0 Å².